The molecule has 0 saturated carbocycles. The number of fused-ring (bicyclic) bond motifs is 1. The van der Waals surface area contributed by atoms with Crippen molar-refractivity contribution in [3.8, 4) is 6.07 Å². The van der Waals surface area contributed by atoms with Gasteiger partial charge in [-0.05, 0) is 42.5 Å². The zero-order valence-corrected chi connectivity index (χ0v) is 17.6. The molecule has 1 N–H and O–H groups in total. The van der Waals surface area contributed by atoms with E-state index in [1.54, 1.807) is 24.0 Å². The molecule has 0 aromatic heterocycles. The second kappa shape index (κ2) is 9.98. The molecule has 0 fully saturated rings. The number of rotatable bonds is 9. The largest absolute Gasteiger partial charge is 0.480 e. The van der Waals surface area contributed by atoms with Crippen LogP contribution in [0.25, 0.3) is 0 Å². The lowest BCUT2D eigenvalue weighted by molar-refractivity contribution is 0.0700. The highest BCUT2D eigenvalue weighted by Crippen LogP contribution is 2.40. The molecule has 2 aromatic rings. The maximum Gasteiger partial charge on any atom is 0.293 e. The molecular weight excluding hydrogens is 376 g/mol. The highest BCUT2D eigenvalue weighted by molar-refractivity contribution is 5.99. The molecule has 30 heavy (non-hydrogen) atoms. The van der Waals surface area contributed by atoms with Gasteiger partial charge in [-0.1, -0.05) is 62.2 Å². The van der Waals surface area contributed by atoms with Crippen LogP contribution in [0.4, 0.5) is 0 Å². The Morgan fingerprint density at radius 2 is 1.80 bits per heavy atom. The molecule has 1 aliphatic rings. The minimum absolute atomic E-state index is 0.0475. The Balaban J connectivity index is 1.90. The third-order valence-corrected chi connectivity index (χ3v) is 5.41. The number of aliphatic hydroxyl groups excluding tert-OH is 1. The van der Waals surface area contributed by atoms with E-state index in [4.69, 9.17) is 4.74 Å². The van der Waals surface area contributed by atoms with E-state index in [0.717, 1.165) is 12.0 Å². The van der Waals surface area contributed by atoms with Crippen LogP contribution in [0.2, 0.25) is 0 Å². The zero-order valence-electron chi connectivity index (χ0n) is 17.6. The number of aliphatic hydroxyl groups is 1. The van der Waals surface area contributed by atoms with E-state index >= 15 is 0 Å². The van der Waals surface area contributed by atoms with E-state index in [1.165, 1.54) is 24.8 Å². The summed E-state index contributed by atoms with van der Waals surface area (Å²) < 4.78 is 5.19. The number of ether oxygens (including phenoxy) is 1. The summed E-state index contributed by atoms with van der Waals surface area (Å²) in [6.07, 6.45) is 4.64. The number of aryl methyl sites for hydroxylation is 1. The molecule has 5 nitrogen and oxygen atoms in total. The monoisotopic (exact) mass is 404 g/mol. The first-order valence-corrected chi connectivity index (χ1v) is 10.5. The number of carbonyl (C=O) groups is 1. The Morgan fingerprint density at radius 1 is 1.10 bits per heavy atom. The second-order valence-electron chi connectivity index (χ2n) is 7.46. The van der Waals surface area contributed by atoms with Crippen LogP contribution >= 0.6 is 0 Å². The molecule has 0 aliphatic carbocycles. The van der Waals surface area contributed by atoms with E-state index in [2.05, 4.69) is 25.1 Å². The summed E-state index contributed by atoms with van der Waals surface area (Å²) in [5.41, 5.74) is 3.57. The van der Waals surface area contributed by atoms with Crippen molar-refractivity contribution < 1.29 is 14.6 Å². The topological polar surface area (TPSA) is 73.6 Å². The van der Waals surface area contributed by atoms with E-state index in [-0.39, 0.29) is 18.1 Å². The van der Waals surface area contributed by atoms with Crippen molar-refractivity contribution in [1.29, 1.82) is 5.26 Å². The summed E-state index contributed by atoms with van der Waals surface area (Å²) in [6, 6.07) is 16.9. The molecule has 156 valence electrons. The molecule has 1 amide bonds. The molecule has 3 rings (SSSR count). The van der Waals surface area contributed by atoms with Crippen molar-refractivity contribution in [2.45, 2.75) is 52.1 Å². The molecule has 5 heteroatoms. The lowest BCUT2D eigenvalue weighted by Gasteiger charge is -2.25. The molecule has 0 bridgehead atoms. The molecular formula is C25H28N2O3. The second-order valence-corrected chi connectivity index (χ2v) is 7.46. The fourth-order valence-electron chi connectivity index (χ4n) is 3.87. The Hall–Kier alpha value is -3.26. The third-order valence-electron chi connectivity index (χ3n) is 5.41. The first kappa shape index (κ1) is 21.4. The summed E-state index contributed by atoms with van der Waals surface area (Å²) in [7, 11) is 0. The first-order chi connectivity index (χ1) is 14.6. The van der Waals surface area contributed by atoms with Crippen molar-refractivity contribution in [1.82, 2.24) is 4.90 Å². The zero-order chi connectivity index (χ0) is 21.5. The van der Waals surface area contributed by atoms with Crippen LogP contribution in [0, 0.1) is 11.3 Å². The van der Waals surface area contributed by atoms with E-state index in [0.29, 0.717) is 17.7 Å². The average molecular weight is 405 g/mol. The predicted octanol–water partition coefficient (Wildman–Crippen LogP) is 5.45. The van der Waals surface area contributed by atoms with Gasteiger partial charge in [0.2, 0.25) is 0 Å². The van der Waals surface area contributed by atoms with Gasteiger partial charge in [-0.3, -0.25) is 4.79 Å². The van der Waals surface area contributed by atoms with E-state index in [1.807, 2.05) is 24.3 Å². The number of benzene rings is 2. The summed E-state index contributed by atoms with van der Waals surface area (Å²) in [5, 5.41) is 20.0. The van der Waals surface area contributed by atoms with Crippen LogP contribution in [0.15, 0.2) is 60.0 Å². The minimum atomic E-state index is -0.672. The smallest absolute Gasteiger partial charge is 0.293 e. The molecule has 1 heterocycles. The van der Waals surface area contributed by atoms with Gasteiger partial charge >= 0.3 is 0 Å². The summed E-state index contributed by atoms with van der Waals surface area (Å²) in [5.74, 6) is -0.578. The first-order valence-electron chi connectivity index (χ1n) is 10.5. The highest BCUT2D eigenvalue weighted by atomic mass is 16.6. The van der Waals surface area contributed by atoms with Gasteiger partial charge in [-0.25, -0.2) is 0 Å². The Kier molecular flexibility index (Phi) is 7.13. The Labute approximate surface area is 178 Å². The average Bonchev–Trinajstić information content (AvgIpc) is 3.03. The van der Waals surface area contributed by atoms with Gasteiger partial charge in [0, 0.05) is 12.1 Å². The quantitative estimate of drug-likeness (QED) is 0.343. The summed E-state index contributed by atoms with van der Waals surface area (Å²) in [4.78, 5) is 14.8. The van der Waals surface area contributed by atoms with Crippen LogP contribution in [0.3, 0.4) is 0 Å². The van der Waals surface area contributed by atoms with Crippen LogP contribution in [-0.4, -0.2) is 22.5 Å². The van der Waals surface area contributed by atoms with Gasteiger partial charge in [0.05, 0.1) is 6.61 Å². The number of nitriles is 1. The van der Waals surface area contributed by atoms with Crippen molar-refractivity contribution >= 4 is 5.91 Å². The normalized spacial score (nSPS) is 16.1. The minimum Gasteiger partial charge on any atom is -0.480 e. The highest BCUT2D eigenvalue weighted by Gasteiger charge is 2.40. The van der Waals surface area contributed by atoms with E-state index in [9.17, 15) is 15.2 Å². The molecule has 0 radical (unpaired) electrons. The maximum absolute atomic E-state index is 13.1. The summed E-state index contributed by atoms with van der Waals surface area (Å²) >= 11 is 0. The molecule has 1 atom stereocenters. The Morgan fingerprint density at radius 3 is 2.47 bits per heavy atom. The van der Waals surface area contributed by atoms with Crippen molar-refractivity contribution in [3.63, 3.8) is 0 Å². The standard InChI is InChI=1S/C25H28N2O3/c1-3-5-6-9-18-12-14-19(15-13-18)17-27-23(22(16-26)25(29)30-4-2)20-10-7-8-11-21(20)24(27)28/h7-8,10-15,23,29H,3-6,9,17H2,1-2H3/b25-22-. The van der Waals surface area contributed by atoms with Gasteiger partial charge in [0.15, 0.2) is 0 Å². The lowest BCUT2D eigenvalue weighted by atomic mass is 9.98. The fraction of sp³-hybridized carbons (Fsp3) is 0.360. The number of hydrogen-bond acceptors (Lipinski definition) is 4. The SMILES string of the molecule is CCCCCc1ccc(CN2C(=O)c3ccccc3C2/C(C#N)=C(/O)OCC)cc1. The van der Waals surface area contributed by atoms with Gasteiger partial charge < -0.3 is 14.7 Å². The third kappa shape index (κ3) is 4.49. The lowest BCUT2D eigenvalue weighted by Crippen LogP contribution is -2.29. The van der Waals surface area contributed by atoms with E-state index < -0.39 is 12.0 Å². The van der Waals surface area contributed by atoms with Crippen LogP contribution in [-0.2, 0) is 17.7 Å². The van der Waals surface area contributed by atoms with Crippen LogP contribution in [0.1, 0.15) is 66.2 Å². The maximum atomic E-state index is 13.1. The molecule has 0 spiro atoms. The van der Waals surface area contributed by atoms with Crippen LogP contribution in [0.5, 0.6) is 0 Å². The Bertz CT molecular complexity index is 957. The number of carbonyl (C=O) groups excluding carboxylic acids is 1. The number of hydrogen-bond donors (Lipinski definition) is 1. The van der Waals surface area contributed by atoms with Gasteiger partial charge in [0.25, 0.3) is 11.9 Å². The molecule has 0 saturated heterocycles. The van der Waals surface area contributed by atoms with Crippen molar-refractivity contribution in [2.24, 2.45) is 0 Å². The summed E-state index contributed by atoms with van der Waals surface area (Å²) in [6.45, 7) is 4.51. The number of amides is 1. The van der Waals surface area contributed by atoms with Gasteiger partial charge in [-0.15, -0.1) is 0 Å². The molecule has 2 aromatic carbocycles. The number of nitrogens with zero attached hydrogens (tertiary/aromatic N) is 2. The van der Waals surface area contributed by atoms with Crippen LogP contribution < -0.4 is 0 Å². The van der Waals surface area contributed by atoms with Crippen molar-refractivity contribution in [2.75, 3.05) is 6.61 Å². The van der Waals surface area contributed by atoms with Gasteiger partial charge in [-0.2, -0.15) is 5.26 Å². The fourth-order valence-corrected chi connectivity index (χ4v) is 3.87. The molecule has 1 aliphatic heterocycles. The molecule has 1 unspecified atom stereocenters. The number of unbranched alkanes of at least 4 members (excludes halogenated alkanes) is 2. The van der Waals surface area contributed by atoms with Gasteiger partial charge in [0.1, 0.15) is 17.7 Å². The van der Waals surface area contributed by atoms with Crippen molar-refractivity contribution in [3.05, 3.63) is 82.3 Å². The predicted molar refractivity (Wildman–Crippen MR) is 116 cm³/mol.